The van der Waals surface area contributed by atoms with E-state index >= 15 is 0 Å². The number of benzene rings is 2. The summed E-state index contributed by atoms with van der Waals surface area (Å²) in [7, 11) is 0. The van der Waals surface area contributed by atoms with Crippen LogP contribution in [0.5, 0.6) is 11.5 Å². The van der Waals surface area contributed by atoms with Crippen LogP contribution in [0.2, 0.25) is 0 Å². The van der Waals surface area contributed by atoms with Gasteiger partial charge in [-0.25, -0.2) is 8.78 Å². The van der Waals surface area contributed by atoms with Crippen molar-refractivity contribution in [2.75, 3.05) is 5.32 Å². The van der Waals surface area contributed by atoms with Crippen molar-refractivity contribution in [3.63, 3.8) is 0 Å². The fourth-order valence-corrected chi connectivity index (χ4v) is 1.48. The zero-order valence-corrected chi connectivity index (χ0v) is 9.52. The molecule has 19 heavy (non-hydrogen) atoms. The second-order valence-corrected chi connectivity index (χ2v) is 3.78. The molecule has 0 spiro atoms. The zero-order valence-electron chi connectivity index (χ0n) is 9.52. The number of nitrogens with one attached hydrogen (secondary N) is 1. The Labute approximate surface area is 106 Å². The van der Waals surface area contributed by atoms with Gasteiger partial charge < -0.3 is 15.5 Å². The zero-order chi connectivity index (χ0) is 14.0. The first kappa shape index (κ1) is 12.8. The lowest BCUT2D eigenvalue weighted by atomic mass is 10.1. The summed E-state index contributed by atoms with van der Waals surface area (Å²) in [5.41, 5.74) is -0.142. The first-order chi connectivity index (χ1) is 8.97. The average molecular weight is 265 g/mol. The molecule has 4 nitrogen and oxygen atoms in total. The van der Waals surface area contributed by atoms with Gasteiger partial charge in [-0.15, -0.1) is 0 Å². The maximum atomic E-state index is 13.0. The SMILES string of the molecule is O=C(Nc1ccc(F)c(F)c1)c1cc(O)ccc1O. The largest absolute Gasteiger partial charge is 0.508 e. The molecule has 0 aliphatic heterocycles. The van der Waals surface area contributed by atoms with E-state index in [1.807, 2.05) is 0 Å². The van der Waals surface area contributed by atoms with Gasteiger partial charge in [-0.3, -0.25) is 4.79 Å². The highest BCUT2D eigenvalue weighted by molar-refractivity contribution is 6.06. The maximum absolute atomic E-state index is 13.0. The Balaban J connectivity index is 2.25. The molecule has 0 saturated heterocycles. The second kappa shape index (κ2) is 4.93. The lowest BCUT2D eigenvalue weighted by Crippen LogP contribution is -2.12. The van der Waals surface area contributed by atoms with Crippen molar-refractivity contribution in [2.45, 2.75) is 0 Å². The van der Waals surface area contributed by atoms with Crippen molar-refractivity contribution in [3.8, 4) is 11.5 Å². The van der Waals surface area contributed by atoms with Crippen LogP contribution in [0.3, 0.4) is 0 Å². The standard InChI is InChI=1S/C13H9F2NO3/c14-10-3-1-7(5-11(10)15)16-13(19)9-6-8(17)2-4-12(9)18/h1-6,17-18H,(H,16,19). The minimum Gasteiger partial charge on any atom is -0.508 e. The number of hydrogen-bond acceptors (Lipinski definition) is 3. The average Bonchev–Trinajstić information content (AvgIpc) is 2.36. The number of carbonyl (C=O) groups excluding carboxylic acids is 1. The minimum atomic E-state index is -1.10. The van der Waals surface area contributed by atoms with Gasteiger partial charge in [0.2, 0.25) is 0 Å². The molecule has 98 valence electrons. The topological polar surface area (TPSA) is 69.6 Å². The van der Waals surface area contributed by atoms with Gasteiger partial charge in [0.25, 0.3) is 5.91 Å². The number of hydrogen-bond donors (Lipinski definition) is 3. The van der Waals surface area contributed by atoms with Crippen LogP contribution >= 0.6 is 0 Å². The van der Waals surface area contributed by atoms with Crippen LogP contribution in [-0.2, 0) is 0 Å². The number of rotatable bonds is 2. The Morgan fingerprint density at radius 1 is 1.00 bits per heavy atom. The molecule has 0 aliphatic carbocycles. The van der Waals surface area contributed by atoms with Crippen molar-refractivity contribution >= 4 is 11.6 Å². The Morgan fingerprint density at radius 2 is 1.74 bits per heavy atom. The normalized spacial score (nSPS) is 10.2. The van der Waals surface area contributed by atoms with E-state index in [4.69, 9.17) is 0 Å². The third kappa shape index (κ3) is 2.79. The summed E-state index contributed by atoms with van der Waals surface area (Å²) in [5, 5.41) is 21.0. The summed E-state index contributed by atoms with van der Waals surface area (Å²) in [5.74, 6) is -3.42. The van der Waals surface area contributed by atoms with Crippen molar-refractivity contribution < 1.29 is 23.8 Å². The molecule has 0 bridgehead atoms. The van der Waals surface area contributed by atoms with Crippen molar-refractivity contribution in [2.24, 2.45) is 0 Å². The summed E-state index contributed by atoms with van der Waals surface area (Å²) in [6, 6.07) is 6.28. The van der Waals surface area contributed by atoms with Gasteiger partial charge in [0.05, 0.1) is 5.56 Å². The number of carbonyl (C=O) groups is 1. The van der Waals surface area contributed by atoms with Gasteiger partial charge in [-0.1, -0.05) is 0 Å². The lowest BCUT2D eigenvalue weighted by molar-refractivity contribution is 0.102. The van der Waals surface area contributed by atoms with E-state index in [-0.39, 0.29) is 22.7 Å². The third-order valence-corrected chi connectivity index (χ3v) is 2.40. The molecule has 1 amide bonds. The summed E-state index contributed by atoms with van der Waals surface area (Å²) in [4.78, 5) is 11.8. The van der Waals surface area contributed by atoms with Gasteiger partial charge in [-0.05, 0) is 30.3 Å². The summed E-state index contributed by atoms with van der Waals surface area (Å²) in [6.45, 7) is 0. The Hall–Kier alpha value is -2.63. The van der Waals surface area contributed by atoms with Crippen molar-refractivity contribution in [3.05, 3.63) is 53.6 Å². The number of phenols is 2. The lowest BCUT2D eigenvalue weighted by Gasteiger charge is -2.07. The fourth-order valence-electron chi connectivity index (χ4n) is 1.48. The smallest absolute Gasteiger partial charge is 0.259 e. The van der Waals surface area contributed by atoms with Crippen LogP contribution in [0.4, 0.5) is 14.5 Å². The number of halogens is 2. The quantitative estimate of drug-likeness (QED) is 0.731. The highest BCUT2D eigenvalue weighted by Crippen LogP contribution is 2.23. The van der Waals surface area contributed by atoms with Crippen LogP contribution in [-0.4, -0.2) is 16.1 Å². The Kier molecular flexibility index (Phi) is 3.33. The molecule has 6 heteroatoms. The Morgan fingerprint density at radius 3 is 2.42 bits per heavy atom. The van der Waals surface area contributed by atoms with Crippen molar-refractivity contribution in [1.29, 1.82) is 0 Å². The van der Waals surface area contributed by atoms with Crippen LogP contribution < -0.4 is 5.32 Å². The van der Waals surface area contributed by atoms with Gasteiger partial charge in [0, 0.05) is 11.8 Å². The molecule has 0 saturated carbocycles. The molecule has 2 aromatic rings. The molecule has 0 aliphatic rings. The summed E-state index contributed by atoms with van der Waals surface area (Å²) in [6.07, 6.45) is 0. The summed E-state index contributed by atoms with van der Waals surface area (Å²) >= 11 is 0. The van der Waals surface area contributed by atoms with E-state index in [0.29, 0.717) is 0 Å². The molecule has 0 heterocycles. The molecular formula is C13H9F2NO3. The maximum Gasteiger partial charge on any atom is 0.259 e. The number of anilines is 1. The van der Waals surface area contributed by atoms with E-state index in [2.05, 4.69) is 5.32 Å². The van der Waals surface area contributed by atoms with Crippen LogP contribution in [0, 0.1) is 11.6 Å². The first-order valence-electron chi connectivity index (χ1n) is 5.26. The predicted octanol–water partition coefficient (Wildman–Crippen LogP) is 2.63. The molecule has 3 N–H and O–H groups in total. The van der Waals surface area contributed by atoms with Crippen LogP contribution in [0.15, 0.2) is 36.4 Å². The molecule has 0 aromatic heterocycles. The van der Waals surface area contributed by atoms with Gasteiger partial charge >= 0.3 is 0 Å². The van der Waals surface area contributed by atoms with Crippen LogP contribution in [0.1, 0.15) is 10.4 Å². The van der Waals surface area contributed by atoms with E-state index in [0.717, 1.165) is 24.3 Å². The second-order valence-electron chi connectivity index (χ2n) is 3.78. The van der Waals surface area contributed by atoms with E-state index in [9.17, 15) is 23.8 Å². The van der Waals surface area contributed by atoms with E-state index < -0.39 is 17.5 Å². The van der Waals surface area contributed by atoms with Crippen molar-refractivity contribution in [1.82, 2.24) is 0 Å². The van der Waals surface area contributed by atoms with E-state index in [1.165, 1.54) is 12.1 Å². The molecule has 0 radical (unpaired) electrons. The van der Waals surface area contributed by atoms with Gasteiger partial charge in [0.1, 0.15) is 11.5 Å². The summed E-state index contributed by atoms with van der Waals surface area (Å²) < 4.78 is 25.7. The number of phenolic OH excluding ortho intramolecular Hbond substituents is 2. The van der Waals surface area contributed by atoms with Gasteiger partial charge in [-0.2, -0.15) is 0 Å². The van der Waals surface area contributed by atoms with Crippen LogP contribution in [0.25, 0.3) is 0 Å². The predicted molar refractivity (Wildman–Crippen MR) is 64.1 cm³/mol. The number of amides is 1. The molecular weight excluding hydrogens is 256 g/mol. The first-order valence-corrected chi connectivity index (χ1v) is 5.26. The third-order valence-electron chi connectivity index (χ3n) is 2.40. The molecule has 2 aromatic carbocycles. The van der Waals surface area contributed by atoms with Gasteiger partial charge in [0.15, 0.2) is 11.6 Å². The highest BCUT2D eigenvalue weighted by atomic mass is 19.2. The molecule has 0 unspecified atom stereocenters. The van der Waals surface area contributed by atoms with E-state index in [1.54, 1.807) is 0 Å². The molecule has 0 fully saturated rings. The molecule has 0 atom stereocenters. The Bertz CT molecular complexity index is 644. The monoisotopic (exact) mass is 265 g/mol. The molecule has 2 rings (SSSR count). The fraction of sp³-hybridized carbons (Fsp3) is 0. The minimum absolute atomic E-state index is 0.0339. The highest BCUT2D eigenvalue weighted by Gasteiger charge is 2.13. The number of aromatic hydroxyl groups is 2.